The highest BCUT2D eigenvalue weighted by Crippen LogP contribution is 2.75. The highest BCUT2D eigenvalue weighted by Gasteiger charge is 2.76. The molecule has 2 N–H and O–H groups in total. The van der Waals surface area contributed by atoms with Crippen LogP contribution in [0.4, 0.5) is 0 Å². The minimum Gasteiger partial charge on any atom is -0.481 e. The number of hydrogen-bond donors (Lipinski definition) is 2. The molecule has 4 saturated carbocycles. The standard InChI is InChI=1S/C31H46O7/c1-15(2)12-18-13-19(27(34)35)24-21-14-37-28(36)25-29(5)10-9-22(33)16(3)20(29)8-11-30(25,6)31(21,7)26(23(18)24)38-17(4)32/h12,16,18-26,33H,8-11,13-14H2,1-7H3,(H,34,35)/t16-,18+,19+,20-,21-,22+,23+,24+,25-,26+,29-,30-,31+/m0/s1. The Labute approximate surface area is 226 Å². The van der Waals surface area contributed by atoms with Gasteiger partial charge in [-0.25, -0.2) is 0 Å². The highest BCUT2D eigenvalue weighted by molar-refractivity contribution is 5.76. The van der Waals surface area contributed by atoms with Gasteiger partial charge in [-0.3, -0.25) is 14.4 Å². The molecule has 1 heterocycles. The van der Waals surface area contributed by atoms with E-state index in [1.54, 1.807) is 0 Å². The normalized spacial score (nSPS) is 51.4. The van der Waals surface area contributed by atoms with Crippen molar-refractivity contribution in [1.29, 1.82) is 0 Å². The van der Waals surface area contributed by atoms with Crippen molar-refractivity contribution in [2.45, 2.75) is 92.8 Å². The van der Waals surface area contributed by atoms with Crippen LogP contribution in [-0.2, 0) is 23.9 Å². The lowest BCUT2D eigenvalue weighted by Gasteiger charge is -2.63. The second kappa shape index (κ2) is 9.07. The van der Waals surface area contributed by atoms with E-state index in [1.807, 2.05) is 13.8 Å². The number of fused-ring (bicyclic) bond motifs is 7. The third-order valence-electron chi connectivity index (χ3n) is 12.5. The number of aliphatic carboxylic acids is 1. The zero-order valence-corrected chi connectivity index (χ0v) is 24.0. The maximum atomic E-state index is 14.0. The number of aliphatic hydroxyl groups excluding tert-OH is 1. The summed E-state index contributed by atoms with van der Waals surface area (Å²) in [6.07, 6.45) is 4.80. The fraction of sp³-hybridized carbons (Fsp3) is 0.839. The molecule has 38 heavy (non-hydrogen) atoms. The average Bonchev–Trinajstić information content (AvgIpc) is 3.25. The fourth-order valence-electron chi connectivity index (χ4n) is 10.9. The van der Waals surface area contributed by atoms with Gasteiger partial charge < -0.3 is 19.7 Å². The van der Waals surface area contributed by atoms with E-state index in [0.717, 1.165) is 24.8 Å². The molecule has 4 aliphatic carbocycles. The molecule has 0 aromatic rings. The van der Waals surface area contributed by atoms with Gasteiger partial charge in [0.2, 0.25) is 0 Å². The SMILES string of the molecule is CC(=O)O[C@@H]1[C@H]2[C@H]([C@H](C(=O)O)C[C@H]2C=C(C)C)[C@@H]2COC(=O)[C@H]3[C@@]4(C)CC[C@@H](O)[C@@H](C)[C@@H]4CC[C@]3(C)[C@@]12C. The average molecular weight is 531 g/mol. The van der Waals surface area contributed by atoms with Crippen LogP contribution in [0.1, 0.15) is 80.6 Å². The topological polar surface area (TPSA) is 110 Å². The minimum absolute atomic E-state index is 0.0197. The van der Waals surface area contributed by atoms with Crippen molar-refractivity contribution in [1.82, 2.24) is 0 Å². The predicted molar refractivity (Wildman–Crippen MR) is 141 cm³/mol. The summed E-state index contributed by atoms with van der Waals surface area (Å²) in [7, 11) is 0. The number of hydrogen-bond acceptors (Lipinski definition) is 6. The molecule has 0 aromatic carbocycles. The van der Waals surface area contributed by atoms with Crippen molar-refractivity contribution < 1.29 is 34.1 Å². The smallest absolute Gasteiger partial charge is 0.310 e. The van der Waals surface area contributed by atoms with Gasteiger partial charge in [-0.1, -0.05) is 39.3 Å². The first-order valence-electron chi connectivity index (χ1n) is 14.6. The lowest BCUT2D eigenvalue weighted by Crippen LogP contribution is -2.63. The summed E-state index contributed by atoms with van der Waals surface area (Å²) >= 11 is 0. The summed E-state index contributed by atoms with van der Waals surface area (Å²) in [5, 5.41) is 21.1. The third-order valence-corrected chi connectivity index (χ3v) is 12.5. The summed E-state index contributed by atoms with van der Waals surface area (Å²) in [6.45, 7) is 14.3. The van der Waals surface area contributed by atoms with E-state index in [9.17, 15) is 24.6 Å². The first-order valence-corrected chi connectivity index (χ1v) is 14.6. The van der Waals surface area contributed by atoms with Crippen molar-refractivity contribution in [3.63, 3.8) is 0 Å². The predicted octanol–water partition coefficient (Wildman–Crippen LogP) is 4.86. The summed E-state index contributed by atoms with van der Waals surface area (Å²) < 4.78 is 12.4. The van der Waals surface area contributed by atoms with Crippen molar-refractivity contribution in [3.8, 4) is 0 Å². The Morgan fingerprint density at radius 2 is 1.74 bits per heavy atom. The van der Waals surface area contributed by atoms with Crippen molar-refractivity contribution in [3.05, 3.63) is 11.6 Å². The maximum absolute atomic E-state index is 14.0. The number of cyclic esters (lactones) is 1. The zero-order chi connectivity index (χ0) is 27.9. The number of allylic oxidation sites excluding steroid dienone is 2. The van der Waals surface area contributed by atoms with Crippen LogP contribution in [0.3, 0.4) is 0 Å². The van der Waals surface area contributed by atoms with Gasteiger partial charge in [0.15, 0.2) is 0 Å². The molecule has 212 valence electrons. The van der Waals surface area contributed by atoms with E-state index < -0.39 is 34.7 Å². The van der Waals surface area contributed by atoms with E-state index in [-0.39, 0.29) is 65.6 Å². The molecule has 0 amide bonds. The number of carbonyl (C=O) groups excluding carboxylic acids is 2. The van der Waals surface area contributed by atoms with E-state index >= 15 is 0 Å². The number of carboxylic acid groups (broad SMARTS) is 1. The Morgan fingerprint density at radius 1 is 1.05 bits per heavy atom. The molecule has 1 saturated heterocycles. The molecule has 0 radical (unpaired) electrons. The Hall–Kier alpha value is -1.89. The van der Waals surface area contributed by atoms with Gasteiger partial charge in [-0.15, -0.1) is 0 Å². The van der Waals surface area contributed by atoms with E-state index in [2.05, 4.69) is 33.8 Å². The summed E-state index contributed by atoms with van der Waals surface area (Å²) in [4.78, 5) is 39.3. The van der Waals surface area contributed by atoms with Gasteiger partial charge in [0.1, 0.15) is 6.10 Å². The number of aliphatic hydroxyl groups is 1. The lowest BCUT2D eigenvalue weighted by molar-refractivity contribution is -0.207. The Kier molecular flexibility index (Phi) is 6.60. The lowest BCUT2D eigenvalue weighted by atomic mass is 9.40. The van der Waals surface area contributed by atoms with Crippen LogP contribution in [0.25, 0.3) is 0 Å². The maximum Gasteiger partial charge on any atom is 0.310 e. The molecular weight excluding hydrogens is 484 g/mol. The largest absolute Gasteiger partial charge is 0.481 e. The van der Waals surface area contributed by atoms with Gasteiger partial charge in [0.25, 0.3) is 0 Å². The van der Waals surface area contributed by atoms with Crippen LogP contribution in [0.5, 0.6) is 0 Å². The van der Waals surface area contributed by atoms with Crippen molar-refractivity contribution in [2.24, 2.45) is 63.6 Å². The highest BCUT2D eigenvalue weighted by atomic mass is 16.5. The molecular formula is C31H46O7. The monoisotopic (exact) mass is 530 g/mol. The Balaban J connectivity index is 1.70. The zero-order valence-electron chi connectivity index (χ0n) is 24.0. The molecule has 7 heteroatoms. The van der Waals surface area contributed by atoms with Crippen molar-refractivity contribution >= 4 is 17.9 Å². The molecule has 1 aliphatic heterocycles. The molecule has 0 unspecified atom stereocenters. The molecule has 0 spiro atoms. The van der Waals surface area contributed by atoms with E-state index in [4.69, 9.17) is 9.47 Å². The minimum atomic E-state index is -0.821. The van der Waals surface area contributed by atoms with E-state index in [0.29, 0.717) is 12.8 Å². The quantitative estimate of drug-likeness (QED) is 0.396. The second-order valence-electron chi connectivity index (χ2n) is 14.3. The molecule has 13 atom stereocenters. The number of rotatable bonds is 3. The van der Waals surface area contributed by atoms with Gasteiger partial charge in [0, 0.05) is 24.2 Å². The molecule has 5 rings (SSSR count). The summed E-state index contributed by atoms with van der Waals surface area (Å²) in [6, 6.07) is 0. The molecule has 0 aromatic heterocycles. The fourth-order valence-corrected chi connectivity index (χ4v) is 10.9. The van der Waals surface area contributed by atoms with Crippen LogP contribution < -0.4 is 0 Å². The van der Waals surface area contributed by atoms with Crippen LogP contribution >= 0.6 is 0 Å². The Bertz CT molecular complexity index is 1050. The number of carbonyl (C=O) groups is 3. The summed E-state index contributed by atoms with van der Waals surface area (Å²) in [5.41, 5.74) is -0.427. The molecule has 5 aliphatic rings. The van der Waals surface area contributed by atoms with Gasteiger partial charge in [-0.05, 0) is 80.5 Å². The molecule has 0 bridgehead atoms. The molecule has 5 fully saturated rings. The number of esters is 2. The van der Waals surface area contributed by atoms with Crippen LogP contribution in [-0.4, -0.2) is 46.9 Å². The van der Waals surface area contributed by atoms with Gasteiger partial charge >= 0.3 is 17.9 Å². The van der Waals surface area contributed by atoms with E-state index in [1.165, 1.54) is 6.92 Å². The first-order chi connectivity index (χ1) is 17.7. The number of carboxylic acids is 1. The second-order valence-corrected chi connectivity index (χ2v) is 14.3. The number of ether oxygens (including phenoxy) is 2. The Morgan fingerprint density at radius 3 is 2.34 bits per heavy atom. The van der Waals surface area contributed by atoms with Gasteiger partial charge in [-0.2, -0.15) is 0 Å². The summed E-state index contributed by atoms with van der Waals surface area (Å²) in [5.74, 6) is -2.74. The first kappa shape index (κ1) is 27.7. The van der Waals surface area contributed by atoms with Gasteiger partial charge in [0.05, 0.1) is 24.5 Å². The van der Waals surface area contributed by atoms with Crippen LogP contribution in [0, 0.1) is 63.6 Å². The molecule has 7 nitrogen and oxygen atoms in total. The van der Waals surface area contributed by atoms with Crippen LogP contribution in [0.2, 0.25) is 0 Å². The van der Waals surface area contributed by atoms with Crippen LogP contribution in [0.15, 0.2) is 11.6 Å². The third kappa shape index (κ3) is 3.59. The van der Waals surface area contributed by atoms with Crippen molar-refractivity contribution in [2.75, 3.05) is 6.61 Å².